The van der Waals surface area contributed by atoms with Gasteiger partial charge in [0, 0.05) is 6.54 Å². The number of tetrazole rings is 1. The van der Waals surface area contributed by atoms with E-state index in [1.54, 1.807) is 16.4 Å². The minimum Gasteiger partial charge on any atom is -0.347 e. The average molecular weight is 331 g/mol. The lowest BCUT2D eigenvalue weighted by Crippen LogP contribution is -2.30. The second-order valence-corrected chi connectivity index (χ2v) is 6.80. The number of thioether (sulfide) groups is 1. The Morgan fingerprint density at radius 2 is 2.30 bits per heavy atom. The van der Waals surface area contributed by atoms with Gasteiger partial charge in [0.05, 0.1) is 6.54 Å². The summed E-state index contributed by atoms with van der Waals surface area (Å²) in [7, 11) is 0. The molecule has 0 saturated carbocycles. The van der Waals surface area contributed by atoms with Gasteiger partial charge in [-0.3, -0.25) is 4.79 Å². The number of unbranched alkanes of at least 4 members (excludes halogenated alkanes) is 1. The third kappa shape index (κ3) is 3.72. The van der Waals surface area contributed by atoms with E-state index in [-0.39, 0.29) is 11.2 Å². The highest BCUT2D eigenvalue weighted by atomic mass is 32.2. The fraction of sp³-hybridized carbons (Fsp3) is 0.500. The predicted molar refractivity (Wildman–Crippen MR) is 89.9 cm³/mol. The third-order valence-corrected chi connectivity index (χ3v) is 5.22. The standard InChI is InChI=1S/C16H21N5OS/c1-2-3-9-21-14(18-19-20-21)11-17-16(22)15-13-7-5-4-6-12(13)8-10-23-15/h4-7,15H,2-3,8-11H2,1H3,(H,17,22)/t15-/m0/s1. The lowest BCUT2D eigenvalue weighted by molar-refractivity contribution is -0.120. The molecule has 0 radical (unpaired) electrons. The Kier molecular flexibility index (Phi) is 5.27. The van der Waals surface area contributed by atoms with Gasteiger partial charge in [0.1, 0.15) is 5.25 Å². The second kappa shape index (κ2) is 7.59. The van der Waals surface area contributed by atoms with Crippen molar-refractivity contribution in [3.63, 3.8) is 0 Å². The number of fused-ring (bicyclic) bond motifs is 1. The molecule has 23 heavy (non-hydrogen) atoms. The number of rotatable bonds is 6. The minimum atomic E-state index is -0.139. The predicted octanol–water partition coefficient (Wildman–Crippen LogP) is 2.12. The normalized spacial score (nSPS) is 16.8. The molecule has 6 nitrogen and oxygen atoms in total. The van der Waals surface area contributed by atoms with Gasteiger partial charge in [0.15, 0.2) is 5.82 Å². The van der Waals surface area contributed by atoms with Crippen molar-refractivity contribution >= 4 is 17.7 Å². The molecule has 0 unspecified atom stereocenters. The van der Waals surface area contributed by atoms with Crippen LogP contribution in [-0.4, -0.2) is 31.9 Å². The van der Waals surface area contributed by atoms with Crippen molar-refractivity contribution in [2.24, 2.45) is 0 Å². The van der Waals surface area contributed by atoms with Gasteiger partial charge in [-0.15, -0.1) is 16.9 Å². The van der Waals surface area contributed by atoms with Crippen LogP contribution in [0.25, 0.3) is 0 Å². The van der Waals surface area contributed by atoms with Crippen LogP contribution in [0.15, 0.2) is 24.3 Å². The molecule has 122 valence electrons. The first-order valence-electron chi connectivity index (χ1n) is 8.01. The van der Waals surface area contributed by atoms with Crippen LogP contribution in [0.1, 0.15) is 42.0 Å². The van der Waals surface area contributed by atoms with Gasteiger partial charge in [-0.25, -0.2) is 4.68 Å². The van der Waals surface area contributed by atoms with Gasteiger partial charge >= 0.3 is 0 Å². The van der Waals surface area contributed by atoms with Crippen LogP contribution in [0.2, 0.25) is 0 Å². The average Bonchev–Trinajstić information content (AvgIpc) is 3.04. The minimum absolute atomic E-state index is 0.0344. The second-order valence-electron chi connectivity index (χ2n) is 5.59. The monoisotopic (exact) mass is 331 g/mol. The van der Waals surface area contributed by atoms with E-state index >= 15 is 0 Å². The molecule has 0 saturated heterocycles. The van der Waals surface area contributed by atoms with E-state index in [2.05, 4.69) is 39.9 Å². The summed E-state index contributed by atoms with van der Waals surface area (Å²) < 4.78 is 1.77. The number of nitrogens with one attached hydrogen (secondary N) is 1. The third-order valence-electron chi connectivity index (χ3n) is 3.98. The summed E-state index contributed by atoms with van der Waals surface area (Å²) in [5.74, 6) is 1.72. The zero-order chi connectivity index (χ0) is 16.1. The molecule has 0 fully saturated rings. The first-order chi connectivity index (χ1) is 11.3. The number of carbonyl (C=O) groups is 1. The Morgan fingerprint density at radius 3 is 3.17 bits per heavy atom. The summed E-state index contributed by atoms with van der Waals surface area (Å²) in [6.07, 6.45) is 3.14. The van der Waals surface area contributed by atoms with Crippen molar-refractivity contribution < 1.29 is 4.79 Å². The lowest BCUT2D eigenvalue weighted by Gasteiger charge is -2.24. The number of carbonyl (C=O) groups excluding carboxylic acids is 1. The highest BCUT2D eigenvalue weighted by Gasteiger charge is 2.26. The number of benzene rings is 1. The van der Waals surface area contributed by atoms with E-state index in [4.69, 9.17) is 0 Å². The van der Waals surface area contributed by atoms with Gasteiger partial charge < -0.3 is 5.32 Å². The quantitative estimate of drug-likeness (QED) is 0.878. The maximum atomic E-state index is 12.6. The molecule has 1 N–H and O–H groups in total. The molecular weight excluding hydrogens is 310 g/mol. The van der Waals surface area contributed by atoms with Gasteiger partial charge in [0.2, 0.25) is 5.91 Å². The van der Waals surface area contributed by atoms with Crippen molar-refractivity contribution in [1.29, 1.82) is 0 Å². The Balaban J connectivity index is 1.63. The maximum absolute atomic E-state index is 12.6. The van der Waals surface area contributed by atoms with Crippen molar-refractivity contribution in [3.05, 3.63) is 41.2 Å². The SMILES string of the molecule is CCCCn1nnnc1CNC(=O)[C@H]1SCCc2ccccc21. The molecule has 0 spiro atoms. The maximum Gasteiger partial charge on any atom is 0.238 e. The van der Waals surface area contributed by atoms with Crippen LogP contribution in [-0.2, 0) is 24.3 Å². The molecule has 2 aromatic rings. The Hall–Kier alpha value is -1.89. The van der Waals surface area contributed by atoms with Crippen molar-refractivity contribution in [1.82, 2.24) is 25.5 Å². The molecule has 2 heterocycles. The molecule has 3 rings (SSSR count). The molecule has 1 aliphatic rings. The molecule has 0 bridgehead atoms. The molecule has 0 aliphatic carbocycles. The van der Waals surface area contributed by atoms with E-state index in [1.807, 2.05) is 12.1 Å². The molecule has 1 aromatic heterocycles. The molecule has 1 aromatic carbocycles. The van der Waals surface area contributed by atoms with Crippen LogP contribution in [0.3, 0.4) is 0 Å². The van der Waals surface area contributed by atoms with Gasteiger partial charge in [-0.1, -0.05) is 37.6 Å². The van der Waals surface area contributed by atoms with E-state index < -0.39 is 0 Å². The van der Waals surface area contributed by atoms with Crippen molar-refractivity contribution in [3.8, 4) is 0 Å². The molecule has 7 heteroatoms. The Morgan fingerprint density at radius 1 is 1.43 bits per heavy atom. The highest BCUT2D eigenvalue weighted by Crippen LogP contribution is 2.36. The van der Waals surface area contributed by atoms with E-state index in [1.165, 1.54) is 5.56 Å². The highest BCUT2D eigenvalue weighted by molar-refractivity contribution is 8.00. The van der Waals surface area contributed by atoms with E-state index in [9.17, 15) is 4.79 Å². The molecule has 1 amide bonds. The zero-order valence-electron chi connectivity index (χ0n) is 13.2. The summed E-state index contributed by atoms with van der Waals surface area (Å²) in [5, 5.41) is 14.5. The number of nitrogens with zero attached hydrogens (tertiary/aromatic N) is 4. The van der Waals surface area contributed by atoms with Crippen molar-refractivity contribution in [2.45, 2.75) is 44.5 Å². The van der Waals surface area contributed by atoms with E-state index in [0.717, 1.165) is 37.1 Å². The molecular formula is C16H21N5OS. The van der Waals surface area contributed by atoms with Gasteiger partial charge in [-0.05, 0) is 40.1 Å². The van der Waals surface area contributed by atoms with Crippen LogP contribution in [0, 0.1) is 0 Å². The van der Waals surface area contributed by atoms with Gasteiger partial charge in [-0.2, -0.15) is 0 Å². The topological polar surface area (TPSA) is 72.7 Å². The zero-order valence-corrected chi connectivity index (χ0v) is 14.1. The van der Waals surface area contributed by atoms with Gasteiger partial charge in [0.25, 0.3) is 0 Å². The van der Waals surface area contributed by atoms with Crippen LogP contribution >= 0.6 is 11.8 Å². The number of hydrogen-bond acceptors (Lipinski definition) is 5. The Bertz CT molecular complexity index is 672. The smallest absolute Gasteiger partial charge is 0.238 e. The number of aromatic nitrogens is 4. The summed E-state index contributed by atoms with van der Waals surface area (Å²) in [6, 6.07) is 8.19. The fourth-order valence-electron chi connectivity index (χ4n) is 2.70. The van der Waals surface area contributed by atoms with E-state index in [0.29, 0.717) is 12.4 Å². The summed E-state index contributed by atoms with van der Waals surface area (Å²) in [4.78, 5) is 12.6. The molecule has 1 aliphatic heterocycles. The largest absolute Gasteiger partial charge is 0.347 e. The number of amides is 1. The molecule has 1 atom stereocenters. The van der Waals surface area contributed by atoms with Crippen LogP contribution < -0.4 is 5.32 Å². The summed E-state index contributed by atoms with van der Waals surface area (Å²) in [6.45, 7) is 3.29. The first-order valence-corrected chi connectivity index (χ1v) is 9.06. The fourth-order valence-corrected chi connectivity index (χ4v) is 3.92. The first kappa shape index (κ1) is 16.0. The Labute approximate surface area is 140 Å². The lowest BCUT2D eigenvalue weighted by atomic mass is 10.0. The van der Waals surface area contributed by atoms with Crippen LogP contribution in [0.4, 0.5) is 0 Å². The summed E-state index contributed by atoms with van der Waals surface area (Å²) >= 11 is 1.70. The summed E-state index contributed by atoms with van der Waals surface area (Å²) in [5.41, 5.74) is 2.41. The van der Waals surface area contributed by atoms with Crippen molar-refractivity contribution in [2.75, 3.05) is 5.75 Å². The van der Waals surface area contributed by atoms with Crippen LogP contribution in [0.5, 0.6) is 0 Å². The number of hydrogen-bond donors (Lipinski definition) is 1. The number of aryl methyl sites for hydroxylation is 2.